The molecule has 1 aliphatic rings. The lowest BCUT2D eigenvalue weighted by Gasteiger charge is -2.30. The van der Waals surface area contributed by atoms with Gasteiger partial charge in [0.15, 0.2) is 0 Å². The molecule has 1 aliphatic heterocycles. The highest BCUT2D eigenvalue weighted by Gasteiger charge is 2.17. The second kappa shape index (κ2) is 4.74. The highest BCUT2D eigenvalue weighted by atomic mass is 32.1. The first kappa shape index (κ1) is 11.7. The Morgan fingerprint density at radius 1 is 1.39 bits per heavy atom. The van der Waals surface area contributed by atoms with Gasteiger partial charge in [0.2, 0.25) is 0 Å². The molecule has 1 saturated heterocycles. The average Bonchev–Trinajstić information content (AvgIpc) is 2.84. The number of aromatic nitrogens is 1. The van der Waals surface area contributed by atoms with Crippen molar-refractivity contribution in [3.8, 4) is 0 Å². The molecule has 4 nitrogen and oxygen atoms in total. The van der Waals surface area contributed by atoms with E-state index in [1.165, 1.54) is 12.8 Å². The second-order valence-corrected chi connectivity index (χ2v) is 5.83. The molecule has 1 fully saturated rings. The van der Waals surface area contributed by atoms with Crippen molar-refractivity contribution >= 4 is 32.9 Å². The van der Waals surface area contributed by atoms with Crippen LogP contribution in [0.15, 0.2) is 17.6 Å². The first-order valence-electron chi connectivity index (χ1n) is 6.31. The first-order valence-corrected chi connectivity index (χ1v) is 7.19. The standard InChI is InChI=1S/C13H18N4S/c1-17-6-4-9(5-7-17)16-10-2-3-11-13(12(10)14)15-8-18-11/h2-3,8-9,16H,4-7,14H2,1H3. The number of piperidine rings is 1. The first-order chi connectivity index (χ1) is 8.74. The average molecular weight is 262 g/mol. The van der Waals surface area contributed by atoms with Crippen LogP contribution in [-0.4, -0.2) is 36.1 Å². The number of nitrogens with zero attached hydrogens (tertiary/aromatic N) is 2. The molecule has 2 heterocycles. The fraction of sp³-hybridized carbons (Fsp3) is 0.462. The topological polar surface area (TPSA) is 54.2 Å². The Labute approximate surface area is 111 Å². The Morgan fingerprint density at radius 2 is 2.17 bits per heavy atom. The third-order valence-corrected chi connectivity index (χ3v) is 4.41. The minimum absolute atomic E-state index is 0.527. The molecular weight excluding hydrogens is 244 g/mol. The van der Waals surface area contributed by atoms with Crippen molar-refractivity contribution in [1.82, 2.24) is 9.88 Å². The summed E-state index contributed by atoms with van der Waals surface area (Å²) in [5, 5.41) is 3.56. The Hall–Kier alpha value is -1.33. The van der Waals surface area contributed by atoms with Crippen LogP contribution < -0.4 is 11.1 Å². The minimum Gasteiger partial charge on any atom is -0.395 e. The third-order valence-electron chi connectivity index (χ3n) is 3.62. The molecule has 1 aromatic carbocycles. The second-order valence-electron chi connectivity index (χ2n) is 4.95. The number of hydrogen-bond acceptors (Lipinski definition) is 5. The van der Waals surface area contributed by atoms with E-state index in [1.807, 2.05) is 5.51 Å². The monoisotopic (exact) mass is 262 g/mol. The van der Waals surface area contributed by atoms with Crippen molar-refractivity contribution < 1.29 is 0 Å². The van der Waals surface area contributed by atoms with E-state index in [-0.39, 0.29) is 0 Å². The van der Waals surface area contributed by atoms with Gasteiger partial charge in [-0.25, -0.2) is 4.98 Å². The van der Waals surface area contributed by atoms with E-state index in [4.69, 9.17) is 5.73 Å². The van der Waals surface area contributed by atoms with E-state index in [0.717, 1.165) is 34.7 Å². The number of thiazole rings is 1. The molecule has 0 saturated carbocycles. The van der Waals surface area contributed by atoms with Gasteiger partial charge in [0.1, 0.15) is 5.52 Å². The number of nitrogen functional groups attached to an aromatic ring is 1. The number of nitrogens with two attached hydrogens (primary N) is 1. The predicted molar refractivity (Wildman–Crippen MR) is 78.2 cm³/mol. The van der Waals surface area contributed by atoms with Gasteiger partial charge in [-0.2, -0.15) is 0 Å². The van der Waals surface area contributed by atoms with Crippen LogP contribution in [0.1, 0.15) is 12.8 Å². The maximum atomic E-state index is 6.18. The Balaban J connectivity index is 1.80. The molecule has 0 aliphatic carbocycles. The van der Waals surface area contributed by atoms with Crippen LogP contribution in [0.4, 0.5) is 11.4 Å². The van der Waals surface area contributed by atoms with Gasteiger partial charge in [0.05, 0.1) is 21.6 Å². The van der Waals surface area contributed by atoms with Gasteiger partial charge in [-0.1, -0.05) is 0 Å². The smallest absolute Gasteiger partial charge is 0.106 e. The quantitative estimate of drug-likeness (QED) is 0.816. The molecule has 3 N–H and O–H groups in total. The summed E-state index contributed by atoms with van der Waals surface area (Å²) in [5.74, 6) is 0. The fourth-order valence-electron chi connectivity index (χ4n) is 2.45. The zero-order chi connectivity index (χ0) is 12.5. The van der Waals surface area contributed by atoms with Crippen LogP contribution in [0, 0.1) is 0 Å². The van der Waals surface area contributed by atoms with Gasteiger partial charge >= 0.3 is 0 Å². The molecule has 96 valence electrons. The summed E-state index contributed by atoms with van der Waals surface area (Å²) in [6.45, 7) is 2.30. The number of benzene rings is 1. The largest absolute Gasteiger partial charge is 0.395 e. The molecule has 0 unspecified atom stereocenters. The lowest BCUT2D eigenvalue weighted by molar-refractivity contribution is 0.264. The molecule has 3 rings (SSSR count). The van der Waals surface area contributed by atoms with E-state index >= 15 is 0 Å². The van der Waals surface area contributed by atoms with Crippen molar-refractivity contribution in [1.29, 1.82) is 0 Å². The predicted octanol–water partition coefficient (Wildman–Crippen LogP) is 2.38. The number of anilines is 2. The molecule has 0 radical (unpaired) electrons. The molecule has 2 aromatic rings. The summed E-state index contributed by atoms with van der Waals surface area (Å²) in [6, 6.07) is 4.70. The number of rotatable bonds is 2. The lowest BCUT2D eigenvalue weighted by atomic mass is 10.0. The summed E-state index contributed by atoms with van der Waals surface area (Å²) in [4.78, 5) is 6.70. The third kappa shape index (κ3) is 2.15. The fourth-order valence-corrected chi connectivity index (χ4v) is 3.14. The Bertz CT molecular complexity index is 543. The molecule has 0 bridgehead atoms. The molecule has 5 heteroatoms. The van der Waals surface area contributed by atoms with Crippen molar-refractivity contribution in [3.63, 3.8) is 0 Å². The van der Waals surface area contributed by atoms with Crippen LogP contribution in [0.2, 0.25) is 0 Å². The van der Waals surface area contributed by atoms with Crippen LogP contribution in [0.3, 0.4) is 0 Å². The summed E-state index contributed by atoms with van der Waals surface area (Å²) in [6.07, 6.45) is 2.34. The van der Waals surface area contributed by atoms with Gasteiger partial charge in [0.25, 0.3) is 0 Å². The maximum Gasteiger partial charge on any atom is 0.106 e. The van der Waals surface area contributed by atoms with Crippen molar-refractivity contribution in [2.24, 2.45) is 0 Å². The number of likely N-dealkylation sites (tertiary alicyclic amines) is 1. The summed E-state index contributed by atoms with van der Waals surface area (Å²) >= 11 is 1.63. The summed E-state index contributed by atoms with van der Waals surface area (Å²) in [5.41, 5.74) is 10.8. The van der Waals surface area contributed by atoms with Crippen LogP contribution >= 0.6 is 11.3 Å². The highest BCUT2D eigenvalue weighted by molar-refractivity contribution is 7.16. The van der Waals surface area contributed by atoms with Gasteiger partial charge in [-0.15, -0.1) is 11.3 Å². The van der Waals surface area contributed by atoms with E-state index in [1.54, 1.807) is 11.3 Å². The number of fused-ring (bicyclic) bond motifs is 1. The van der Waals surface area contributed by atoms with Gasteiger partial charge < -0.3 is 16.0 Å². The molecule has 0 spiro atoms. The van der Waals surface area contributed by atoms with Crippen LogP contribution in [0.5, 0.6) is 0 Å². The highest BCUT2D eigenvalue weighted by Crippen LogP contribution is 2.31. The van der Waals surface area contributed by atoms with Crippen molar-refractivity contribution in [2.45, 2.75) is 18.9 Å². The number of hydrogen-bond donors (Lipinski definition) is 2. The van der Waals surface area contributed by atoms with Crippen LogP contribution in [0.25, 0.3) is 10.2 Å². The maximum absolute atomic E-state index is 6.18. The van der Waals surface area contributed by atoms with E-state index < -0.39 is 0 Å². The lowest BCUT2D eigenvalue weighted by Crippen LogP contribution is -2.36. The molecule has 0 atom stereocenters. The van der Waals surface area contributed by atoms with Crippen molar-refractivity contribution in [3.05, 3.63) is 17.6 Å². The SMILES string of the molecule is CN1CCC(Nc2ccc3scnc3c2N)CC1. The summed E-state index contributed by atoms with van der Waals surface area (Å²) < 4.78 is 1.15. The molecule has 1 aromatic heterocycles. The number of nitrogens with one attached hydrogen (secondary N) is 1. The molecular formula is C13H18N4S. The van der Waals surface area contributed by atoms with Crippen molar-refractivity contribution in [2.75, 3.05) is 31.2 Å². The zero-order valence-corrected chi connectivity index (χ0v) is 11.3. The normalized spacial score (nSPS) is 18.3. The molecule has 18 heavy (non-hydrogen) atoms. The Morgan fingerprint density at radius 3 is 2.94 bits per heavy atom. The summed E-state index contributed by atoms with van der Waals surface area (Å²) in [7, 11) is 2.17. The minimum atomic E-state index is 0.527. The van der Waals surface area contributed by atoms with E-state index in [9.17, 15) is 0 Å². The van der Waals surface area contributed by atoms with E-state index in [0.29, 0.717) is 6.04 Å². The molecule has 0 amide bonds. The van der Waals surface area contributed by atoms with Crippen LogP contribution in [-0.2, 0) is 0 Å². The Kier molecular flexibility index (Phi) is 3.09. The van der Waals surface area contributed by atoms with Gasteiger partial charge in [-0.3, -0.25) is 0 Å². The van der Waals surface area contributed by atoms with E-state index in [2.05, 4.69) is 34.4 Å². The van der Waals surface area contributed by atoms with Gasteiger partial charge in [0, 0.05) is 6.04 Å². The zero-order valence-electron chi connectivity index (χ0n) is 10.5. The van der Waals surface area contributed by atoms with Gasteiger partial charge in [-0.05, 0) is 45.1 Å².